The maximum atomic E-state index is 12.2. The summed E-state index contributed by atoms with van der Waals surface area (Å²) >= 11 is 0. The summed E-state index contributed by atoms with van der Waals surface area (Å²) in [6.07, 6.45) is 0. The number of nitrogens with one attached hydrogen (secondary N) is 1. The molecular weight excluding hydrogens is 362 g/mol. The number of anilines is 1. The fraction of sp³-hybridized carbons (Fsp3) is 0.208. The van der Waals surface area contributed by atoms with Crippen molar-refractivity contribution >= 4 is 33.4 Å². The monoisotopic (exact) mass is 385 g/mol. The summed E-state index contributed by atoms with van der Waals surface area (Å²) in [4.78, 5) is 18.0. The van der Waals surface area contributed by atoms with E-state index in [2.05, 4.69) is 59.3 Å². The van der Waals surface area contributed by atoms with Crippen LogP contribution in [0.2, 0.25) is 0 Å². The van der Waals surface area contributed by atoms with Gasteiger partial charge in [-0.1, -0.05) is 35.9 Å². The van der Waals surface area contributed by atoms with Crippen LogP contribution in [0.25, 0.3) is 32.9 Å². The number of ether oxygens (including phenoxy) is 1. The molecule has 1 aromatic heterocycles. The smallest absolute Gasteiger partial charge is 0.250 e. The Hall–Kier alpha value is -3.31. The van der Waals surface area contributed by atoms with Crippen molar-refractivity contribution in [2.75, 3.05) is 31.2 Å². The molecule has 3 N–H and O–H groups in total. The first-order chi connectivity index (χ1) is 14.1. The number of hydrogen-bond donors (Lipinski definition) is 2. The minimum absolute atomic E-state index is 0.426. The van der Waals surface area contributed by atoms with Crippen molar-refractivity contribution in [3.8, 4) is 11.1 Å². The minimum Gasteiger partial charge on any atom is -0.378 e. The molecule has 0 radical (unpaired) electrons. The highest BCUT2D eigenvalue weighted by atomic mass is 16.5. The van der Waals surface area contributed by atoms with Crippen molar-refractivity contribution in [3.05, 3.63) is 65.7 Å². The summed E-state index contributed by atoms with van der Waals surface area (Å²) < 4.78 is 5.46. The molecule has 0 unspecified atom stereocenters. The first-order valence-electron chi connectivity index (χ1n) is 9.89. The first kappa shape index (κ1) is 17.8. The van der Waals surface area contributed by atoms with E-state index >= 15 is 0 Å². The van der Waals surface area contributed by atoms with E-state index in [0.29, 0.717) is 5.56 Å². The second-order valence-electron chi connectivity index (χ2n) is 7.63. The fourth-order valence-corrected chi connectivity index (χ4v) is 4.20. The number of aryl methyl sites for hydroxylation is 1. The van der Waals surface area contributed by atoms with Gasteiger partial charge < -0.3 is 20.4 Å². The van der Waals surface area contributed by atoms with Crippen molar-refractivity contribution in [2.45, 2.75) is 6.92 Å². The van der Waals surface area contributed by atoms with Crippen LogP contribution in [0.15, 0.2) is 54.6 Å². The number of carbonyl (C=O) groups is 1. The summed E-state index contributed by atoms with van der Waals surface area (Å²) in [5.41, 5.74) is 12.5. The number of amides is 1. The third-order valence-corrected chi connectivity index (χ3v) is 5.68. The predicted octanol–water partition coefficient (Wildman–Crippen LogP) is 4.23. The molecule has 3 aromatic carbocycles. The van der Waals surface area contributed by atoms with Crippen LogP contribution in [0.1, 0.15) is 15.9 Å². The number of aromatic amines is 1. The van der Waals surface area contributed by atoms with Crippen molar-refractivity contribution in [3.63, 3.8) is 0 Å². The largest absolute Gasteiger partial charge is 0.378 e. The van der Waals surface area contributed by atoms with Gasteiger partial charge in [0.25, 0.3) is 5.91 Å². The maximum Gasteiger partial charge on any atom is 0.250 e. The molecular formula is C24H23N3O2. The average molecular weight is 385 g/mol. The fourth-order valence-electron chi connectivity index (χ4n) is 4.20. The molecule has 5 rings (SSSR count). The van der Waals surface area contributed by atoms with Gasteiger partial charge in [0, 0.05) is 35.1 Å². The zero-order chi connectivity index (χ0) is 20.0. The quantitative estimate of drug-likeness (QED) is 0.554. The first-order valence-corrected chi connectivity index (χ1v) is 9.89. The lowest BCUT2D eigenvalue weighted by molar-refractivity contribution is 0.100. The molecule has 0 aliphatic carbocycles. The van der Waals surface area contributed by atoms with E-state index in [4.69, 9.17) is 10.5 Å². The van der Waals surface area contributed by atoms with Gasteiger partial charge in [-0.3, -0.25) is 4.79 Å². The highest BCUT2D eigenvalue weighted by molar-refractivity contribution is 6.16. The van der Waals surface area contributed by atoms with E-state index in [-0.39, 0.29) is 0 Å². The van der Waals surface area contributed by atoms with Gasteiger partial charge in [0.05, 0.1) is 24.3 Å². The lowest BCUT2D eigenvalue weighted by Gasteiger charge is -2.28. The summed E-state index contributed by atoms with van der Waals surface area (Å²) in [7, 11) is 0. The Morgan fingerprint density at radius 1 is 1.00 bits per heavy atom. The highest BCUT2D eigenvalue weighted by Gasteiger charge is 2.17. The number of rotatable bonds is 3. The molecule has 146 valence electrons. The molecule has 0 bridgehead atoms. The molecule has 1 saturated heterocycles. The number of aromatic nitrogens is 1. The van der Waals surface area contributed by atoms with Gasteiger partial charge >= 0.3 is 0 Å². The number of primary amides is 1. The molecule has 1 aliphatic heterocycles. The number of fused-ring (bicyclic) bond motifs is 3. The van der Waals surface area contributed by atoms with Gasteiger partial charge in [0.1, 0.15) is 0 Å². The summed E-state index contributed by atoms with van der Waals surface area (Å²) in [5.74, 6) is -0.426. The SMILES string of the molecule is Cc1cccc(-c2cc(C(N)=O)c3[nH]c4cc(N5CCOCC5)ccc4c3c2)c1. The number of carbonyl (C=O) groups excluding carboxylic acids is 1. The van der Waals surface area contributed by atoms with Gasteiger partial charge in [0.15, 0.2) is 0 Å². The van der Waals surface area contributed by atoms with E-state index in [1.165, 1.54) is 5.56 Å². The number of benzene rings is 3. The molecule has 0 spiro atoms. The van der Waals surface area contributed by atoms with Gasteiger partial charge in [-0.15, -0.1) is 0 Å². The molecule has 5 heteroatoms. The molecule has 1 fully saturated rings. The second-order valence-corrected chi connectivity index (χ2v) is 7.63. The zero-order valence-electron chi connectivity index (χ0n) is 16.4. The zero-order valence-corrected chi connectivity index (χ0v) is 16.4. The van der Waals surface area contributed by atoms with Gasteiger partial charge in [0.2, 0.25) is 0 Å². The normalized spacial score (nSPS) is 14.6. The minimum atomic E-state index is -0.426. The molecule has 0 saturated carbocycles. The number of nitrogens with zero attached hydrogens (tertiary/aromatic N) is 1. The van der Waals surface area contributed by atoms with E-state index in [1.807, 2.05) is 12.1 Å². The van der Waals surface area contributed by atoms with Crippen LogP contribution in [0, 0.1) is 6.92 Å². The lowest BCUT2D eigenvalue weighted by atomic mass is 9.98. The lowest BCUT2D eigenvalue weighted by Crippen LogP contribution is -2.36. The van der Waals surface area contributed by atoms with Crippen LogP contribution in [-0.2, 0) is 4.74 Å². The Bertz CT molecular complexity index is 1240. The van der Waals surface area contributed by atoms with Crippen molar-refractivity contribution in [1.29, 1.82) is 0 Å². The van der Waals surface area contributed by atoms with Crippen LogP contribution in [-0.4, -0.2) is 37.2 Å². The predicted molar refractivity (Wildman–Crippen MR) is 118 cm³/mol. The van der Waals surface area contributed by atoms with Gasteiger partial charge in [-0.2, -0.15) is 0 Å². The van der Waals surface area contributed by atoms with Crippen LogP contribution < -0.4 is 10.6 Å². The number of nitrogens with two attached hydrogens (primary N) is 1. The van der Waals surface area contributed by atoms with E-state index in [9.17, 15) is 4.79 Å². The Morgan fingerprint density at radius 2 is 1.83 bits per heavy atom. The van der Waals surface area contributed by atoms with E-state index < -0.39 is 5.91 Å². The van der Waals surface area contributed by atoms with Gasteiger partial charge in [-0.25, -0.2) is 0 Å². The highest BCUT2D eigenvalue weighted by Crippen LogP contribution is 2.34. The Labute approximate surface area is 169 Å². The number of H-pyrrole nitrogens is 1. The van der Waals surface area contributed by atoms with Crippen molar-refractivity contribution < 1.29 is 9.53 Å². The van der Waals surface area contributed by atoms with Crippen LogP contribution in [0.3, 0.4) is 0 Å². The summed E-state index contributed by atoms with van der Waals surface area (Å²) in [6, 6.07) is 18.7. The van der Waals surface area contributed by atoms with Gasteiger partial charge in [-0.05, 0) is 42.3 Å². The Kier molecular flexibility index (Phi) is 4.25. The Balaban J connectivity index is 1.71. The summed E-state index contributed by atoms with van der Waals surface area (Å²) in [6.45, 7) is 5.33. The average Bonchev–Trinajstić information content (AvgIpc) is 3.11. The standard InChI is InChI=1S/C24H23N3O2/c1-15-3-2-4-16(11-15)17-12-20-19-6-5-18(27-7-9-29-10-8-27)14-22(19)26-23(20)21(13-17)24(25)28/h2-6,11-14,26H,7-10H2,1H3,(H2,25,28). The molecule has 0 atom stereocenters. The Morgan fingerprint density at radius 3 is 2.59 bits per heavy atom. The molecule has 4 aromatic rings. The molecule has 2 heterocycles. The van der Waals surface area contributed by atoms with Crippen LogP contribution >= 0.6 is 0 Å². The number of hydrogen-bond acceptors (Lipinski definition) is 3. The third-order valence-electron chi connectivity index (χ3n) is 5.68. The molecule has 1 amide bonds. The van der Waals surface area contributed by atoms with E-state index in [1.54, 1.807) is 0 Å². The second kappa shape index (κ2) is 6.94. The summed E-state index contributed by atoms with van der Waals surface area (Å²) in [5, 5.41) is 2.11. The van der Waals surface area contributed by atoms with Crippen LogP contribution in [0.5, 0.6) is 0 Å². The van der Waals surface area contributed by atoms with Crippen LogP contribution in [0.4, 0.5) is 5.69 Å². The third kappa shape index (κ3) is 3.13. The molecule has 1 aliphatic rings. The number of morpholine rings is 1. The van der Waals surface area contributed by atoms with Crippen molar-refractivity contribution in [2.24, 2.45) is 5.73 Å². The molecule has 29 heavy (non-hydrogen) atoms. The van der Waals surface area contributed by atoms with Crippen molar-refractivity contribution in [1.82, 2.24) is 4.98 Å². The topological polar surface area (TPSA) is 71.4 Å². The van der Waals surface area contributed by atoms with E-state index in [0.717, 1.165) is 64.9 Å². The molecule has 5 nitrogen and oxygen atoms in total. The maximum absolute atomic E-state index is 12.2.